The number of anilines is 1. The Morgan fingerprint density at radius 3 is 2.89 bits per heavy atom. The van der Waals surface area contributed by atoms with Crippen LogP contribution in [0.5, 0.6) is 0 Å². The lowest BCUT2D eigenvalue weighted by molar-refractivity contribution is 0.677. The third-order valence-corrected chi connectivity index (χ3v) is 3.42. The number of halogens is 1. The molecule has 0 spiro atoms. The lowest BCUT2D eigenvalue weighted by Gasteiger charge is -2.05. The van der Waals surface area contributed by atoms with Gasteiger partial charge in [0, 0.05) is 24.4 Å². The van der Waals surface area contributed by atoms with Crippen LogP contribution in [0.1, 0.15) is 18.5 Å². The number of aromatic nitrogens is 4. The van der Waals surface area contributed by atoms with Crippen molar-refractivity contribution in [2.45, 2.75) is 19.3 Å². The Labute approximate surface area is 110 Å². The largest absolute Gasteiger partial charge is 0.368 e. The summed E-state index contributed by atoms with van der Waals surface area (Å²) in [6.07, 6.45) is 5.46. The highest BCUT2D eigenvalue weighted by Gasteiger charge is 2.25. The molecule has 6 heteroatoms. The molecule has 94 valence electrons. The van der Waals surface area contributed by atoms with Crippen LogP contribution < -0.4 is 5.73 Å². The Kier molecular flexibility index (Phi) is 2.70. The Hall–Kier alpha value is -1.62. The molecule has 1 saturated carbocycles. The Balaban J connectivity index is 2.04. The number of nitrogen functional groups attached to an aromatic ring is 1. The minimum absolute atomic E-state index is 0.193. The predicted molar refractivity (Wildman–Crippen MR) is 70.1 cm³/mol. The van der Waals surface area contributed by atoms with Crippen LogP contribution in [0, 0.1) is 5.92 Å². The first-order chi connectivity index (χ1) is 8.63. The smallest absolute Gasteiger partial charge is 0.221 e. The first-order valence-electron chi connectivity index (χ1n) is 5.95. The fraction of sp³-hybridized carbons (Fsp3) is 0.417. The first kappa shape index (κ1) is 11.5. The number of rotatable bonds is 3. The number of hydrogen-bond acceptors (Lipinski definition) is 4. The van der Waals surface area contributed by atoms with Crippen molar-refractivity contribution >= 4 is 17.5 Å². The molecule has 5 nitrogen and oxygen atoms in total. The van der Waals surface area contributed by atoms with E-state index in [9.17, 15) is 0 Å². The highest BCUT2D eigenvalue weighted by atomic mass is 35.5. The number of nitrogens with two attached hydrogens (primary N) is 1. The maximum absolute atomic E-state index is 5.92. The van der Waals surface area contributed by atoms with Crippen molar-refractivity contribution in [3.05, 3.63) is 23.1 Å². The van der Waals surface area contributed by atoms with Gasteiger partial charge >= 0.3 is 0 Å². The summed E-state index contributed by atoms with van der Waals surface area (Å²) in [5.41, 5.74) is 8.57. The average molecular weight is 264 g/mol. The van der Waals surface area contributed by atoms with E-state index in [0.717, 1.165) is 23.6 Å². The molecule has 1 aliphatic carbocycles. The maximum atomic E-state index is 5.92. The minimum atomic E-state index is 0.193. The predicted octanol–water partition coefficient (Wildman–Crippen LogP) is 2.07. The van der Waals surface area contributed by atoms with Crippen molar-refractivity contribution in [1.82, 2.24) is 19.7 Å². The van der Waals surface area contributed by atoms with Gasteiger partial charge < -0.3 is 5.73 Å². The average Bonchev–Trinajstić information content (AvgIpc) is 3.03. The molecular formula is C12H14ClN5. The minimum Gasteiger partial charge on any atom is -0.368 e. The van der Waals surface area contributed by atoms with Crippen molar-refractivity contribution in [1.29, 1.82) is 0 Å². The van der Waals surface area contributed by atoms with E-state index < -0.39 is 0 Å². The van der Waals surface area contributed by atoms with E-state index in [-0.39, 0.29) is 5.95 Å². The standard InChI is InChI=1S/C12H14ClN5/c1-18-10(4-7-2-3-7)8(6-15-18)9-5-11(13)17-12(14)16-9/h5-7H,2-4H2,1H3,(H2,14,16,17). The molecule has 2 aromatic rings. The van der Waals surface area contributed by atoms with E-state index in [2.05, 4.69) is 15.1 Å². The van der Waals surface area contributed by atoms with E-state index >= 15 is 0 Å². The normalized spacial score (nSPS) is 15.0. The van der Waals surface area contributed by atoms with E-state index in [1.165, 1.54) is 18.5 Å². The summed E-state index contributed by atoms with van der Waals surface area (Å²) in [5, 5.41) is 4.67. The number of aryl methyl sites for hydroxylation is 1. The Morgan fingerprint density at radius 2 is 2.22 bits per heavy atom. The molecule has 2 heterocycles. The molecular weight excluding hydrogens is 250 g/mol. The summed E-state index contributed by atoms with van der Waals surface area (Å²) in [7, 11) is 1.95. The van der Waals surface area contributed by atoms with Crippen molar-refractivity contribution in [3.63, 3.8) is 0 Å². The van der Waals surface area contributed by atoms with Crippen LogP contribution in [-0.2, 0) is 13.5 Å². The first-order valence-corrected chi connectivity index (χ1v) is 6.32. The molecule has 0 atom stereocenters. The zero-order valence-corrected chi connectivity index (χ0v) is 10.9. The topological polar surface area (TPSA) is 69.6 Å². The zero-order chi connectivity index (χ0) is 12.7. The molecule has 3 rings (SSSR count). The lowest BCUT2D eigenvalue weighted by Crippen LogP contribution is -2.02. The van der Waals surface area contributed by atoms with Gasteiger partial charge in [0.25, 0.3) is 0 Å². The highest BCUT2D eigenvalue weighted by molar-refractivity contribution is 6.29. The molecule has 0 aromatic carbocycles. The van der Waals surface area contributed by atoms with Crippen LogP contribution >= 0.6 is 11.6 Å². The third kappa shape index (κ3) is 2.18. The van der Waals surface area contributed by atoms with Gasteiger partial charge in [0.05, 0.1) is 11.9 Å². The molecule has 0 aliphatic heterocycles. The third-order valence-electron chi connectivity index (χ3n) is 3.23. The fourth-order valence-corrected chi connectivity index (χ4v) is 2.28. The second-order valence-electron chi connectivity index (χ2n) is 4.71. The van der Waals surface area contributed by atoms with Crippen LogP contribution in [0.25, 0.3) is 11.3 Å². The van der Waals surface area contributed by atoms with Gasteiger partial charge in [-0.15, -0.1) is 0 Å². The van der Waals surface area contributed by atoms with Gasteiger partial charge in [-0.05, 0) is 25.2 Å². The summed E-state index contributed by atoms with van der Waals surface area (Å²) in [5.74, 6) is 0.979. The molecule has 1 fully saturated rings. The highest BCUT2D eigenvalue weighted by Crippen LogP contribution is 2.35. The quantitative estimate of drug-likeness (QED) is 0.861. The lowest BCUT2D eigenvalue weighted by atomic mass is 10.1. The second-order valence-corrected chi connectivity index (χ2v) is 5.10. The molecule has 1 aliphatic rings. The SMILES string of the molecule is Cn1ncc(-c2cc(Cl)nc(N)n2)c1CC1CC1. The maximum Gasteiger partial charge on any atom is 0.221 e. The van der Waals surface area contributed by atoms with E-state index in [0.29, 0.717) is 5.15 Å². The number of hydrogen-bond donors (Lipinski definition) is 1. The van der Waals surface area contributed by atoms with Gasteiger partial charge in [0.2, 0.25) is 5.95 Å². The Bertz CT molecular complexity index is 568. The van der Waals surface area contributed by atoms with E-state index in [4.69, 9.17) is 17.3 Å². The van der Waals surface area contributed by atoms with E-state index in [1.54, 1.807) is 6.07 Å². The molecule has 0 bridgehead atoms. The summed E-state index contributed by atoms with van der Waals surface area (Å²) in [6, 6.07) is 1.73. The summed E-state index contributed by atoms with van der Waals surface area (Å²) >= 11 is 5.92. The fourth-order valence-electron chi connectivity index (χ4n) is 2.09. The Morgan fingerprint density at radius 1 is 1.44 bits per heavy atom. The van der Waals surface area contributed by atoms with Crippen LogP contribution in [0.15, 0.2) is 12.3 Å². The molecule has 18 heavy (non-hydrogen) atoms. The van der Waals surface area contributed by atoms with Gasteiger partial charge in [-0.2, -0.15) is 5.10 Å². The molecule has 0 saturated heterocycles. The van der Waals surface area contributed by atoms with Crippen molar-refractivity contribution in [3.8, 4) is 11.3 Å². The van der Waals surface area contributed by atoms with Gasteiger partial charge in [0.15, 0.2) is 0 Å². The zero-order valence-electron chi connectivity index (χ0n) is 10.1. The van der Waals surface area contributed by atoms with Crippen LogP contribution in [0.3, 0.4) is 0 Å². The molecule has 2 aromatic heterocycles. The van der Waals surface area contributed by atoms with Crippen LogP contribution in [0.4, 0.5) is 5.95 Å². The summed E-state index contributed by atoms with van der Waals surface area (Å²) in [6.45, 7) is 0. The van der Waals surface area contributed by atoms with Gasteiger partial charge in [-0.25, -0.2) is 9.97 Å². The summed E-state index contributed by atoms with van der Waals surface area (Å²) < 4.78 is 1.90. The van der Waals surface area contributed by atoms with Crippen LogP contribution in [-0.4, -0.2) is 19.7 Å². The second kappa shape index (κ2) is 4.24. The molecule has 2 N–H and O–H groups in total. The van der Waals surface area contributed by atoms with Crippen molar-refractivity contribution < 1.29 is 0 Å². The monoisotopic (exact) mass is 263 g/mol. The van der Waals surface area contributed by atoms with Gasteiger partial charge in [0.1, 0.15) is 5.15 Å². The molecule has 0 unspecified atom stereocenters. The van der Waals surface area contributed by atoms with Gasteiger partial charge in [-0.1, -0.05) is 11.6 Å². The molecule has 0 amide bonds. The number of nitrogens with zero attached hydrogens (tertiary/aromatic N) is 4. The molecule has 0 radical (unpaired) electrons. The van der Waals surface area contributed by atoms with Gasteiger partial charge in [-0.3, -0.25) is 4.68 Å². The summed E-state index contributed by atoms with van der Waals surface area (Å²) in [4.78, 5) is 8.11. The van der Waals surface area contributed by atoms with Crippen molar-refractivity contribution in [2.75, 3.05) is 5.73 Å². The van der Waals surface area contributed by atoms with Crippen LogP contribution in [0.2, 0.25) is 5.15 Å². The van der Waals surface area contributed by atoms with E-state index in [1.807, 2.05) is 17.9 Å². The van der Waals surface area contributed by atoms with Crippen molar-refractivity contribution in [2.24, 2.45) is 13.0 Å².